The van der Waals surface area contributed by atoms with Gasteiger partial charge in [-0.1, -0.05) is 35.9 Å². The molecule has 0 saturated heterocycles. The molecular formula is C24H24ClFN6O2. The third-order valence-electron chi connectivity index (χ3n) is 5.46. The Balaban J connectivity index is 1.64. The Labute approximate surface area is 200 Å². The van der Waals surface area contributed by atoms with Gasteiger partial charge in [-0.05, 0) is 36.6 Å². The third kappa shape index (κ3) is 5.20. The number of nitrogen functional groups attached to an aromatic ring is 2. The van der Waals surface area contributed by atoms with Crippen LogP contribution in [0, 0.1) is 11.2 Å². The summed E-state index contributed by atoms with van der Waals surface area (Å²) in [7, 11) is 0. The van der Waals surface area contributed by atoms with E-state index < -0.39 is 11.7 Å². The van der Waals surface area contributed by atoms with Gasteiger partial charge in [0.1, 0.15) is 11.7 Å². The summed E-state index contributed by atoms with van der Waals surface area (Å²) in [6.45, 7) is -0.0816. The molecule has 0 atom stereocenters. The molecule has 4 rings (SSSR count). The molecule has 34 heavy (non-hydrogen) atoms. The second-order valence-electron chi connectivity index (χ2n) is 8.14. The normalized spacial score (nSPS) is 13.6. The molecule has 0 aliphatic heterocycles. The van der Waals surface area contributed by atoms with Crippen LogP contribution in [0.4, 0.5) is 10.1 Å². The maximum atomic E-state index is 14.3. The zero-order valence-electron chi connectivity index (χ0n) is 18.2. The molecule has 1 amide bonds. The number of amides is 1. The summed E-state index contributed by atoms with van der Waals surface area (Å²) in [6, 6.07) is 12.8. The van der Waals surface area contributed by atoms with Gasteiger partial charge < -0.3 is 22.0 Å². The highest BCUT2D eigenvalue weighted by Crippen LogP contribution is 2.32. The zero-order valence-corrected chi connectivity index (χ0v) is 18.9. The first-order valence-electron chi connectivity index (χ1n) is 10.7. The Morgan fingerprint density at radius 2 is 2.03 bits per heavy atom. The minimum Gasteiger partial charge on any atom is -0.427 e. The topological polar surface area (TPSA) is 143 Å². The van der Waals surface area contributed by atoms with Crippen molar-refractivity contribution in [1.29, 1.82) is 5.41 Å². The van der Waals surface area contributed by atoms with Gasteiger partial charge in [-0.2, -0.15) is 4.73 Å². The van der Waals surface area contributed by atoms with Gasteiger partial charge in [0.2, 0.25) is 5.91 Å². The molecule has 0 spiro atoms. The van der Waals surface area contributed by atoms with Gasteiger partial charge in [0, 0.05) is 35.0 Å². The van der Waals surface area contributed by atoms with Crippen molar-refractivity contribution in [2.75, 3.05) is 5.73 Å². The van der Waals surface area contributed by atoms with Crippen LogP contribution < -0.4 is 22.3 Å². The summed E-state index contributed by atoms with van der Waals surface area (Å²) in [6.07, 6.45) is 1.62. The lowest BCUT2D eigenvalue weighted by molar-refractivity contribution is -0.120. The number of hydrogen-bond acceptors (Lipinski definition) is 5. The fourth-order valence-electron chi connectivity index (χ4n) is 3.54. The fraction of sp³-hybridized carbons (Fsp3) is 0.208. The molecule has 2 aromatic carbocycles. The van der Waals surface area contributed by atoms with Gasteiger partial charge in [-0.15, -0.1) is 0 Å². The van der Waals surface area contributed by atoms with E-state index in [1.54, 1.807) is 30.3 Å². The van der Waals surface area contributed by atoms with Crippen molar-refractivity contribution in [3.05, 3.63) is 81.7 Å². The predicted molar refractivity (Wildman–Crippen MR) is 128 cm³/mol. The number of halogens is 2. The molecule has 1 aromatic heterocycles. The lowest BCUT2D eigenvalue weighted by Crippen LogP contribution is -2.30. The summed E-state index contributed by atoms with van der Waals surface area (Å²) in [4.78, 5) is 17.3. The maximum absolute atomic E-state index is 14.3. The number of carbonyl (C=O) groups is 1. The number of rotatable bonds is 7. The second-order valence-corrected chi connectivity index (χ2v) is 8.55. The molecular weight excluding hydrogens is 459 g/mol. The van der Waals surface area contributed by atoms with E-state index in [1.807, 2.05) is 0 Å². The van der Waals surface area contributed by atoms with Crippen LogP contribution in [0.3, 0.4) is 0 Å². The minimum atomic E-state index is -0.584. The molecule has 1 heterocycles. The number of benzene rings is 2. The quantitative estimate of drug-likeness (QED) is 0.153. The first kappa shape index (κ1) is 23.3. The van der Waals surface area contributed by atoms with Crippen LogP contribution in [0.15, 0.2) is 53.5 Å². The van der Waals surface area contributed by atoms with Gasteiger partial charge in [-0.3, -0.25) is 15.2 Å². The molecule has 8 nitrogen and oxygen atoms in total. The summed E-state index contributed by atoms with van der Waals surface area (Å²) < 4.78 is 15.2. The summed E-state index contributed by atoms with van der Waals surface area (Å²) >= 11 is 6.58. The van der Waals surface area contributed by atoms with Crippen molar-refractivity contribution in [3.63, 3.8) is 0 Å². The maximum Gasteiger partial charge on any atom is 0.226 e. The lowest BCUT2D eigenvalue weighted by Gasteiger charge is -2.16. The molecule has 10 heteroatoms. The first-order chi connectivity index (χ1) is 16.2. The molecule has 3 aromatic rings. The molecule has 0 bridgehead atoms. The standard InChI is InChI=1S/C24H24ClFN6O2/c25-18-10-21(31-17-6-7-17)32(34)20(23(18)13-2-1-3-16(27)8-13)11-22(33)30-12-15-5-4-14(24(28)29)9-19(15)26/h1-5,8-10,17,34H,6-7,11-12,27H2,(H3,28,29)(H,30,33). The molecule has 176 valence electrons. The van der Waals surface area contributed by atoms with Crippen LogP contribution >= 0.6 is 11.6 Å². The van der Waals surface area contributed by atoms with Gasteiger partial charge >= 0.3 is 0 Å². The van der Waals surface area contributed by atoms with Crippen molar-refractivity contribution >= 4 is 29.0 Å². The van der Waals surface area contributed by atoms with Gasteiger partial charge in [0.15, 0.2) is 5.49 Å². The Kier molecular flexibility index (Phi) is 6.56. The van der Waals surface area contributed by atoms with E-state index in [-0.39, 0.29) is 47.2 Å². The van der Waals surface area contributed by atoms with E-state index in [2.05, 4.69) is 10.3 Å². The predicted octanol–water partition coefficient (Wildman–Crippen LogP) is 2.97. The van der Waals surface area contributed by atoms with E-state index in [1.165, 1.54) is 12.1 Å². The Morgan fingerprint density at radius 3 is 2.68 bits per heavy atom. The van der Waals surface area contributed by atoms with Crippen molar-refractivity contribution < 1.29 is 14.4 Å². The smallest absolute Gasteiger partial charge is 0.226 e. The SMILES string of the molecule is N=C(N)c1ccc(CNC(=O)Cc2c(-c3cccc(N)c3)c(Cl)cc(=NC3CC3)n2O)c(F)c1. The van der Waals surface area contributed by atoms with Crippen LogP contribution in [0.5, 0.6) is 0 Å². The Hall–Kier alpha value is -3.85. The Morgan fingerprint density at radius 1 is 1.26 bits per heavy atom. The summed E-state index contributed by atoms with van der Waals surface area (Å²) in [5.41, 5.74) is 13.9. The van der Waals surface area contributed by atoms with Gasteiger partial charge in [-0.25, -0.2) is 4.39 Å². The van der Waals surface area contributed by atoms with E-state index >= 15 is 0 Å². The van der Waals surface area contributed by atoms with E-state index in [4.69, 9.17) is 28.5 Å². The molecule has 1 aliphatic rings. The molecule has 1 saturated carbocycles. The third-order valence-corrected chi connectivity index (χ3v) is 5.76. The zero-order chi connectivity index (χ0) is 24.4. The van der Waals surface area contributed by atoms with Crippen LogP contribution in [0.2, 0.25) is 5.02 Å². The molecule has 0 radical (unpaired) electrons. The number of carbonyl (C=O) groups excluding carboxylic acids is 1. The second kappa shape index (κ2) is 9.56. The van der Waals surface area contributed by atoms with E-state index in [9.17, 15) is 14.4 Å². The number of nitrogens with two attached hydrogens (primary N) is 2. The average Bonchev–Trinajstić information content (AvgIpc) is 3.60. The van der Waals surface area contributed by atoms with Crippen LogP contribution in [-0.2, 0) is 17.8 Å². The van der Waals surface area contributed by atoms with Crippen LogP contribution in [0.1, 0.15) is 29.7 Å². The lowest BCUT2D eigenvalue weighted by atomic mass is 10.0. The van der Waals surface area contributed by atoms with Gasteiger partial charge in [0.05, 0.1) is 23.2 Å². The number of aromatic nitrogens is 1. The number of amidine groups is 1. The highest BCUT2D eigenvalue weighted by molar-refractivity contribution is 6.33. The fourth-order valence-corrected chi connectivity index (χ4v) is 3.86. The van der Waals surface area contributed by atoms with Crippen molar-refractivity contribution in [3.8, 4) is 11.1 Å². The number of nitrogens with one attached hydrogen (secondary N) is 2. The average molecular weight is 483 g/mol. The van der Waals surface area contributed by atoms with Crippen molar-refractivity contribution in [2.45, 2.75) is 31.8 Å². The van der Waals surface area contributed by atoms with E-state index in [0.29, 0.717) is 21.8 Å². The van der Waals surface area contributed by atoms with Crippen molar-refractivity contribution in [1.82, 2.24) is 10.0 Å². The van der Waals surface area contributed by atoms with Crippen molar-refractivity contribution in [2.24, 2.45) is 10.7 Å². The monoisotopic (exact) mass is 482 g/mol. The number of anilines is 1. The number of hydrogen-bond donors (Lipinski definition) is 5. The van der Waals surface area contributed by atoms with Crippen LogP contribution in [0.25, 0.3) is 11.1 Å². The van der Waals surface area contributed by atoms with Gasteiger partial charge in [0.25, 0.3) is 0 Å². The molecule has 1 aliphatic carbocycles. The molecule has 7 N–H and O–H groups in total. The summed E-state index contributed by atoms with van der Waals surface area (Å²) in [5, 5.41) is 21.3. The largest absolute Gasteiger partial charge is 0.427 e. The first-order valence-corrected chi connectivity index (χ1v) is 11.0. The number of nitrogens with zero attached hydrogens (tertiary/aromatic N) is 2. The van der Waals surface area contributed by atoms with E-state index in [0.717, 1.165) is 23.6 Å². The highest BCUT2D eigenvalue weighted by Gasteiger charge is 2.23. The molecule has 0 unspecified atom stereocenters. The van der Waals surface area contributed by atoms with Crippen LogP contribution in [-0.4, -0.2) is 27.7 Å². The Bertz CT molecular complexity index is 1350. The summed E-state index contributed by atoms with van der Waals surface area (Å²) in [5.74, 6) is -1.29. The minimum absolute atomic E-state index is 0.0816. The highest BCUT2D eigenvalue weighted by atomic mass is 35.5. The molecule has 1 fully saturated rings. The number of pyridine rings is 1.